The molecule has 2 rings (SSSR count). The van der Waals surface area contributed by atoms with Crippen molar-refractivity contribution in [3.8, 4) is 5.75 Å². The van der Waals surface area contributed by atoms with Gasteiger partial charge in [0.15, 0.2) is 6.61 Å². The summed E-state index contributed by atoms with van der Waals surface area (Å²) in [4.78, 5) is 11.9. The van der Waals surface area contributed by atoms with Crippen LogP contribution >= 0.6 is 11.3 Å². The molecule has 5 nitrogen and oxygen atoms in total. The highest BCUT2D eigenvalue weighted by atomic mass is 32.1. The van der Waals surface area contributed by atoms with Crippen molar-refractivity contribution in [2.45, 2.75) is 33.6 Å². The topological polar surface area (TPSA) is 64.1 Å². The van der Waals surface area contributed by atoms with E-state index >= 15 is 0 Å². The Balaban J connectivity index is 1.90. The summed E-state index contributed by atoms with van der Waals surface area (Å²) in [6.45, 7) is 5.97. The Hall–Kier alpha value is -1.95. The molecule has 1 N–H and O–H groups in total. The van der Waals surface area contributed by atoms with Crippen molar-refractivity contribution in [3.63, 3.8) is 0 Å². The minimum atomic E-state index is -0.225. The smallest absolute Gasteiger partial charge is 0.264 e. The molecule has 0 fully saturated rings. The number of para-hydroxylation sites is 1. The lowest BCUT2D eigenvalue weighted by Crippen LogP contribution is -2.20. The number of carbonyl (C=O) groups excluding carboxylic acids is 1. The molecule has 1 aromatic carbocycles. The molecule has 21 heavy (non-hydrogen) atoms. The Morgan fingerprint density at radius 3 is 2.67 bits per heavy atom. The lowest BCUT2D eigenvalue weighted by atomic mass is 10.1. The van der Waals surface area contributed by atoms with Crippen LogP contribution < -0.4 is 10.1 Å². The summed E-state index contributed by atoms with van der Waals surface area (Å²) in [5, 5.41) is 12.1. The number of rotatable bonds is 6. The van der Waals surface area contributed by atoms with E-state index < -0.39 is 0 Å². The quantitative estimate of drug-likeness (QED) is 0.890. The van der Waals surface area contributed by atoms with Crippen molar-refractivity contribution < 1.29 is 9.53 Å². The summed E-state index contributed by atoms with van der Waals surface area (Å²) in [5.41, 5.74) is 2.04. The number of nitrogens with zero attached hydrogens (tertiary/aromatic N) is 2. The Labute approximate surface area is 128 Å². The molecule has 0 bridgehead atoms. The Morgan fingerprint density at radius 2 is 2.00 bits per heavy atom. The van der Waals surface area contributed by atoms with E-state index in [1.54, 1.807) is 0 Å². The van der Waals surface area contributed by atoms with Crippen molar-refractivity contribution in [3.05, 3.63) is 34.3 Å². The zero-order chi connectivity index (χ0) is 15.2. The third-order valence-electron chi connectivity index (χ3n) is 2.93. The van der Waals surface area contributed by atoms with E-state index in [4.69, 9.17) is 4.74 Å². The van der Waals surface area contributed by atoms with E-state index in [1.807, 2.05) is 32.0 Å². The first-order chi connectivity index (χ1) is 10.1. The van der Waals surface area contributed by atoms with Crippen LogP contribution in [0.2, 0.25) is 0 Å². The fourth-order valence-corrected chi connectivity index (χ4v) is 2.80. The number of benzene rings is 1. The third kappa shape index (κ3) is 4.26. The van der Waals surface area contributed by atoms with Gasteiger partial charge in [0.1, 0.15) is 10.8 Å². The van der Waals surface area contributed by atoms with Crippen molar-refractivity contribution in [1.29, 1.82) is 0 Å². The van der Waals surface area contributed by atoms with Crippen LogP contribution in [0.5, 0.6) is 5.75 Å². The zero-order valence-electron chi connectivity index (χ0n) is 12.5. The third-order valence-corrected chi connectivity index (χ3v) is 3.83. The average molecular weight is 305 g/mol. The molecule has 1 aromatic heterocycles. The van der Waals surface area contributed by atoms with Crippen LogP contribution in [0.3, 0.4) is 0 Å². The molecular formula is C15H19N3O2S. The standard InChI is InChI=1S/C15H19N3O2S/c1-4-6-13-17-18-15(21-13)16-12(19)9-20-14-10(2)7-5-8-11(14)3/h5,7-8H,4,6,9H2,1-3H3,(H,16,18,19). The highest BCUT2D eigenvalue weighted by Gasteiger charge is 2.10. The molecule has 0 radical (unpaired) electrons. The maximum Gasteiger partial charge on any atom is 0.264 e. The van der Waals surface area contributed by atoms with Gasteiger partial charge in [-0.1, -0.05) is 36.5 Å². The molecule has 6 heteroatoms. The number of anilines is 1. The van der Waals surface area contributed by atoms with Gasteiger partial charge in [0, 0.05) is 6.42 Å². The van der Waals surface area contributed by atoms with Gasteiger partial charge in [0.2, 0.25) is 5.13 Å². The predicted octanol–water partition coefficient (Wildman–Crippen LogP) is 3.12. The van der Waals surface area contributed by atoms with E-state index in [9.17, 15) is 4.79 Å². The molecule has 0 aliphatic rings. The molecular weight excluding hydrogens is 286 g/mol. The normalized spacial score (nSPS) is 10.4. The van der Waals surface area contributed by atoms with Crippen LogP contribution in [0.4, 0.5) is 5.13 Å². The molecule has 0 saturated heterocycles. The van der Waals surface area contributed by atoms with Gasteiger partial charge in [0.25, 0.3) is 5.91 Å². The molecule has 0 spiro atoms. The lowest BCUT2D eigenvalue weighted by molar-refractivity contribution is -0.118. The van der Waals surface area contributed by atoms with Gasteiger partial charge in [-0.05, 0) is 31.4 Å². The van der Waals surface area contributed by atoms with Crippen LogP contribution in [-0.2, 0) is 11.2 Å². The molecule has 2 aromatic rings. The second kappa shape index (κ2) is 7.17. The van der Waals surface area contributed by atoms with Gasteiger partial charge in [0.05, 0.1) is 0 Å². The number of carbonyl (C=O) groups is 1. The first-order valence-corrected chi connectivity index (χ1v) is 7.73. The predicted molar refractivity (Wildman–Crippen MR) is 83.9 cm³/mol. The van der Waals surface area contributed by atoms with Crippen molar-refractivity contribution in [2.24, 2.45) is 0 Å². The van der Waals surface area contributed by atoms with Crippen LogP contribution in [0.15, 0.2) is 18.2 Å². The van der Waals surface area contributed by atoms with Crippen molar-refractivity contribution in [2.75, 3.05) is 11.9 Å². The first-order valence-electron chi connectivity index (χ1n) is 6.91. The molecule has 0 atom stereocenters. The van der Waals surface area contributed by atoms with Gasteiger partial charge < -0.3 is 4.74 Å². The molecule has 1 amide bonds. The average Bonchev–Trinajstić information content (AvgIpc) is 2.86. The number of aryl methyl sites for hydroxylation is 3. The fraction of sp³-hybridized carbons (Fsp3) is 0.400. The van der Waals surface area contributed by atoms with Crippen molar-refractivity contribution >= 4 is 22.4 Å². The Bertz CT molecular complexity index is 605. The molecule has 1 heterocycles. The molecule has 0 saturated carbocycles. The van der Waals surface area contributed by atoms with Gasteiger partial charge in [-0.25, -0.2) is 0 Å². The number of hydrogen-bond donors (Lipinski definition) is 1. The van der Waals surface area contributed by atoms with Gasteiger partial charge >= 0.3 is 0 Å². The maximum atomic E-state index is 11.9. The monoisotopic (exact) mass is 305 g/mol. The van der Waals surface area contributed by atoms with Crippen LogP contribution in [-0.4, -0.2) is 22.7 Å². The fourth-order valence-electron chi connectivity index (χ4n) is 1.94. The first kappa shape index (κ1) is 15.4. The Morgan fingerprint density at radius 1 is 1.29 bits per heavy atom. The number of ether oxygens (including phenoxy) is 1. The van der Waals surface area contributed by atoms with Gasteiger partial charge in [-0.15, -0.1) is 10.2 Å². The highest BCUT2D eigenvalue weighted by Crippen LogP contribution is 2.22. The van der Waals surface area contributed by atoms with Gasteiger partial charge in [-0.2, -0.15) is 0 Å². The van der Waals surface area contributed by atoms with E-state index in [-0.39, 0.29) is 12.5 Å². The Kier molecular flexibility index (Phi) is 5.27. The molecule has 0 aliphatic heterocycles. The van der Waals surface area contributed by atoms with E-state index in [0.29, 0.717) is 5.13 Å². The van der Waals surface area contributed by atoms with Crippen LogP contribution in [0.25, 0.3) is 0 Å². The second-order valence-corrected chi connectivity index (χ2v) is 5.87. The summed E-state index contributed by atoms with van der Waals surface area (Å²) in [7, 11) is 0. The molecule has 112 valence electrons. The molecule has 0 unspecified atom stereocenters. The van der Waals surface area contributed by atoms with E-state index in [1.165, 1.54) is 11.3 Å². The minimum Gasteiger partial charge on any atom is -0.483 e. The van der Waals surface area contributed by atoms with Crippen LogP contribution in [0.1, 0.15) is 29.5 Å². The minimum absolute atomic E-state index is 0.0333. The number of hydrogen-bond acceptors (Lipinski definition) is 5. The van der Waals surface area contributed by atoms with E-state index in [2.05, 4.69) is 22.4 Å². The molecule has 0 aliphatic carbocycles. The summed E-state index contributed by atoms with van der Waals surface area (Å²) < 4.78 is 5.60. The zero-order valence-corrected chi connectivity index (χ0v) is 13.3. The SMILES string of the molecule is CCCc1nnc(NC(=O)COc2c(C)cccc2C)s1. The number of amides is 1. The number of aromatic nitrogens is 2. The lowest BCUT2D eigenvalue weighted by Gasteiger charge is -2.11. The summed E-state index contributed by atoms with van der Waals surface area (Å²) >= 11 is 1.40. The maximum absolute atomic E-state index is 11.9. The van der Waals surface area contributed by atoms with Gasteiger partial charge in [-0.3, -0.25) is 10.1 Å². The largest absolute Gasteiger partial charge is 0.483 e. The van der Waals surface area contributed by atoms with Crippen LogP contribution in [0, 0.1) is 13.8 Å². The summed E-state index contributed by atoms with van der Waals surface area (Å²) in [6.07, 6.45) is 1.89. The van der Waals surface area contributed by atoms with E-state index in [0.717, 1.165) is 34.7 Å². The summed E-state index contributed by atoms with van der Waals surface area (Å²) in [6, 6.07) is 5.89. The number of nitrogens with one attached hydrogen (secondary N) is 1. The highest BCUT2D eigenvalue weighted by molar-refractivity contribution is 7.15. The second-order valence-electron chi connectivity index (χ2n) is 4.81. The summed E-state index contributed by atoms with van der Waals surface area (Å²) in [5.74, 6) is 0.536. The van der Waals surface area contributed by atoms with Crippen molar-refractivity contribution in [1.82, 2.24) is 10.2 Å².